The Bertz CT molecular complexity index is 539. The van der Waals surface area contributed by atoms with Crippen molar-refractivity contribution in [2.24, 2.45) is 0 Å². The molecule has 88 valence electrons. The molecule has 0 saturated heterocycles. The number of hydrogen-bond donors (Lipinski definition) is 1. The van der Waals surface area contributed by atoms with Crippen molar-refractivity contribution in [2.45, 2.75) is 39.5 Å². The highest BCUT2D eigenvalue weighted by Gasteiger charge is 2.25. The summed E-state index contributed by atoms with van der Waals surface area (Å²) in [6.07, 6.45) is 4.63. The Morgan fingerprint density at radius 2 is 1.76 bits per heavy atom. The average molecular weight is 226 g/mol. The second-order valence-corrected chi connectivity index (χ2v) is 5.24. The highest BCUT2D eigenvalue weighted by molar-refractivity contribution is 5.65. The molecule has 0 bridgehead atoms. The van der Waals surface area contributed by atoms with Crippen molar-refractivity contribution in [3.05, 3.63) is 40.7 Å². The molecule has 1 aromatic carbocycles. The summed E-state index contributed by atoms with van der Waals surface area (Å²) >= 11 is 0. The smallest absolute Gasteiger partial charge is 0.138 e. The number of H-pyrrole nitrogens is 1. The van der Waals surface area contributed by atoms with Crippen LogP contribution in [0.4, 0.5) is 0 Å². The van der Waals surface area contributed by atoms with Gasteiger partial charge in [-0.2, -0.15) is 0 Å². The molecule has 0 amide bonds. The molecule has 1 N–H and O–H groups in total. The second kappa shape index (κ2) is 3.73. The van der Waals surface area contributed by atoms with Gasteiger partial charge in [0.05, 0.1) is 0 Å². The van der Waals surface area contributed by atoms with E-state index >= 15 is 0 Å². The highest BCUT2D eigenvalue weighted by atomic mass is 14.9. The first kappa shape index (κ1) is 10.6. The lowest BCUT2D eigenvalue weighted by Gasteiger charge is -2.08. The Hall–Kier alpha value is -1.57. The molecule has 0 radical (unpaired) electrons. The lowest BCUT2D eigenvalue weighted by molar-refractivity contribution is 1.05. The highest BCUT2D eigenvalue weighted by Crippen LogP contribution is 2.40. The van der Waals surface area contributed by atoms with Crippen LogP contribution in [0.15, 0.2) is 18.3 Å². The number of aromatic nitrogens is 2. The van der Waals surface area contributed by atoms with Gasteiger partial charge in [0.15, 0.2) is 0 Å². The van der Waals surface area contributed by atoms with E-state index in [0.717, 1.165) is 11.7 Å². The van der Waals surface area contributed by atoms with E-state index in [-0.39, 0.29) is 0 Å². The van der Waals surface area contributed by atoms with E-state index in [9.17, 15) is 0 Å². The minimum Gasteiger partial charge on any atom is -0.342 e. The van der Waals surface area contributed by atoms with Gasteiger partial charge in [-0.25, -0.2) is 4.98 Å². The zero-order chi connectivity index (χ0) is 12.0. The van der Waals surface area contributed by atoms with Gasteiger partial charge in [0.1, 0.15) is 5.82 Å². The summed E-state index contributed by atoms with van der Waals surface area (Å²) in [6, 6.07) is 4.45. The average Bonchev–Trinajstić information content (AvgIpc) is 2.98. The molecule has 1 aromatic heterocycles. The SMILES string of the molecule is Cc1cc(C)c(-c2ncc(C3CC3)[nH]2)c(C)c1. The van der Waals surface area contributed by atoms with Crippen LogP contribution >= 0.6 is 0 Å². The number of benzene rings is 1. The third-order valence-electron chi connectivity index (χ3n) is 3.53. The lowest BCUT2D eigenvalue weighted by atomic mass is 9.99. The van der Waals surface area contributed by atoms with Gasteiger partial charge in [0.25, 0.3) is 0 Å². The normalized spacial score (nSPS) is 15.2. The molecule has 1 saturated carbocycles. The molecular formula is C15H18N2. The van der Waals surface area contributed by atoms with Crippen LogP contribution in [0, 0.1) is 20.8 Å². The van der Waals surface area contributed by atoms with E-state index in [1.807, 2.05) is 6.20 Å². The van der Waals surface area contributed by atoms with Crippen molar-refractivity contribution in [3.63, 3.8) is 0 Å². The molecule has 2 heteroatoms. The van der Waals surface area contributed by atoms with Gasteiger partial charge in [-0.05, 0) is 44.7 Å². The van der Waals surface area contributed by atoms with Gasteiger partial charge in [-0.3, -0.25) is 0 Å². The molecule has 1 fully saturated rings. The summed E-state index contributed by atoms with van der Waals surface area (Å²) in [5.41, 5.74) is 6.50. The maximum Gasteiger partial charge on any atom is 0.138 e. The number of rotatable bonds is 2. The number of aromatic amines is 1. The molecule has 1 aliphatic rings. The maximum atomic E-state index is 4.54. The summed E-state index contributed by atoms with van der Waals surface area (Å²) in [6.45, 7) is 6.46. The van der Waals surface area contributed by atoms with Crippen molar-refractivity contribution in [1.29, 1.82) is 0 Å². The predicted molar refractivity (Wildman–Crippen MR) is 70.2 cm³/mol. The van der Waals surface area contributed by atoms with Crippen molar-refractivity contribution in [3.8, 4) is 11.4 Å². The zero-order valence-electron chi connectivity index (χ0n) is 10.7. The molecular weight excluding hydrogens is 208 g/mol. The number of hydrogen-bond acceptors (Lipinski definition) is 1. The van der Waals surface area contributed by atoms with Crippen LogP contribution in [0.5, 0.6) is 0 Å². The van der Waals surface area contributed by atoms with Crippen LogP contribution in [0.25, 0.3) is 11.4 Å². The van der Waals surface area contributed by atoms with Crippen LogP contribution in [-0.4, -0.2) is 9.97 Å². The molecule has 0 spiro atoms. The first-order valence-corrected chi connectivity index (χ1v) is 6.28. The molecule has 3 rings (SSSR count). The molecule has 1 heterocycles. The summed E-state index contributed by atoms with van der Waals surface area (Å²) in [5, 5.41) is 0. The molecule has 2 aromatic rings. The third kappa shape index (κ3) is 1.88. The van der Waals surface area contributed by atoms with Gasteiger partial charge in [0.2, 0.25) is 0 Å². The number of nitrogens with zero attached hydrogens (tertiary/aromatic N) is 1. The minimum absolute atomic E-state index is 0.738. The minimum atomic E-state index is 0.738. The lowest BCUT2D eigenvalue weighted by Crippen LogP contribution is -1.92. The van der Waals surface area contributed by atoms with Crippen molar-refractivity contribution >= 4 is 0 Å². The monoisotopic (exact) mass is 226 g/mol. The van der Waals surface area contributed by atoms with Crippen molar-refractivity contribution in [2.75, 3.05) is 0 Å². The first-order chi connectivity index (χ1) is 8.15. The van der Waals surface area contributed by atoms with Crippen LogP contribution in [0.3, 0.4) is 0 Å². The third-order valence-corrected chi connectivity index (χ3v) is 3.53. The summed E-state index contributed by atoms with van der Waals surface area (Å²) < 4.78 is 0. The first-order valence-electron chi connectivity index (χ1n) is 6.28. The van der Waals surface area contributed by atoms with Gasteiger partial charge in [-0.1, -0.05) is 17.7 Å². The molecule has 17 heavy (non-hydrogen) atoms. The largest absolute Gasteiger partial charge is 0.342 e. The van der Waals surface area contributed by atoms with E-state index in [4.69, 9.17) is 0 Å². The quantitative estimate of drug-likeness (QED) is 0.827. The molecule has 0 atom stereocenters. The van der Waals surface area contributed by atoms with E-state index in [1.165, 1.54) is 40.8 Å². The Balaban J connectivity index is 2.07. The number of imidazole rings is 1. The summed E-state index contributed by atoms with van der Waals surface area (Å²) in [5.74, 6) is 1.77. The fourth-order valence-corrected chi connectivity index (χ4v) is 2.62. The van der Waals surface area contributed by atoms with E-state index in [0.29, 0.717) is 0 Å². The molecule has 0 aliphatic heterocycles. The second-order valence-electron chi connectivity index (χ2n) is 5.24. The standard InChI is InChI=1S/C15H18N2/c1-9-6-10(2)14(11(3)7-9)15-16-8-13(17-15)12-4-5-12/h6-8,12H,4-5H2,1-3H3,(H,16,17). The van der Waals surface area contributed by atoms with Crippen LogP contribution < -0.4 is 0 Å². The number of aryl methyl sites for hydroxylation is 3. The van der Waals surface area contributed by atoms with Gasteiger partial charge in [0, 0.05) is 23.4 Å². The van der Waals surface area contributed by atoms with Crippen molar-refractivity contribution < 1.29 is 0 Å². The van der Waals surface area contributed by atoms with Gasteiger partial charge >= 0.3 is 0 Å². The zero-order valence-corrected chi connectivity index (χ0v) is 10.7. The van der Waals surface area contributed by atoms with E-state index in [1.54, 1.807) is 0 Å². The maximum absolute atomic E-state index is 4.54. The predicted octanol–water partition coefficient (Wildman–Crippen LogP) is 3.88. The topological polar surface area (TPSA) is 28.7 Å². The van der Waals surface area contributed by atoms with Crippen LogP contribution in [-0.2, 0) is 0 Å². The summed E-state index contributed by atoms with van der Waals surface area (Å²) in [4.78, 5) is 8.02. The molecule has 1 aliphatic carbocycles. The Labute approximate surface area is 102 Å². The molecule has 0 unspecified atom stereocenters. The fraction of sp³-hybridized carbons (Fsp3) is 0.400. The van der Waals surface area contributed by atoms with Crippen LogP contribution in [0.1, 0.15) is 41.1 Å². The number of nitrogens with one attached hydrogen (secondary N) is 1. The van der Waals surface area contributed by atoms with E-state index < -0.39 is 0 Å². The van der Waals surface area contributed by atoms with Crippen LogP contribution in [0.2, 0.25) is 0 Å². The van der Waals surface area contributed by atoms with Crippen molar-refractivity contribution in [1.82, 2.24) is 9.97 Å². The Morgan fingerprint density at radius 3 is 2.35 bits per heavy atom. The van der Waals surface area contributed by atoms with E-state index in [2.05, 4.69) is 42.9 Å². The fourth-order valence-electron chi connectivity index (χ4n) is 2.62. The summed E-state index contributed by atoms with van der Waals surface area (Å²) in [7, 11) is 0. The Kier molecular flexibility index (Phi) is 2.32. The van der Waals surface area contributed by atoms with Gasteiger partial charge in [-0.15, -0.1) is 0 Å². The van der Waals surface area contributed by atoms with Gasteiger partial charge < -0.3 is 4.98 Å². The molecule has 2 nitrogen and oxygen atoms in total. The Morgan fingerprint density at radius 1 is 1.12 bits per heavy atom.